The summed E-state index contributed by atoms with van der Waals surface area (Å²) in [4.78, 5) is 13.2. The number of aromatic nitrogens is 6. The fraction of sp³-hybridized carbons (Fsp3) is 0.520. The highest BCUT2D eigenvalue weighted by molar-refractivity contribution is 7.15. The second-order valence-electron chi connectivity index (χ2n) is 9.52. The summed E-state index contributed by atoms with van der Waals surface area (Å²) in [5, 5.41) is 13.6. The number of nitrogens with zero attached hydrogens (tertiary/aromatic N) is 6. The van der Waals surface area contributed by atoms with Crippen LogP contribution in [0, 0.1) is 13.8 Å². The molecule has 33 heavy (non-hydrogen) atoms. The first-order valence-corrected chi connectivity index (χ1v) is 12.9. The van der Waals surface area contributed by atoms with E-state index in [1.165, 1.54) is 54.9 Å². The summed E-state index contributed by atoms with van der Waals surface area (Å²) in [7, 11) is 0. The summed E-state index contributed by atoms with van der Waals surface area (Å²) in [6.45, 7) is 14.6. The number of H-pyrrole nitrogens is 1. The summed E-state index contributed by atoms with van der Waals surface area (Å²) in [5.74, 6) is 0.929. The normalized spacial score (nSPS) is 15.8. The Labute approximate surface area is 199 Å². The summed E-state index contributed by atoms with van der Waals surface area (Å²) in [5.41, 5.74) is 7.57. The monoisotopic (exact) mass is 463 g/mol. The van der Waals surface area contributed by atoms with Crippen molar-refractivity contribution in [2.45, 2.75) is 65.7 Å². The number of nitrogens with one attached hydrogen (secondary N) is 1. The summed E-state index contributed by atoms with van der Waals surface area (Å²) < 4.78 is 1.85. The minimum absolute atomic E-state index is 0.310. The van der Waals surface area contributed by atoms with Gasteiger partial charge in [0.2, 0.25) is 0 Å². The molecule has 0 spiro atoms. The number of pyridine rings is 1. The number of rotatable bonds is 6. The zero-order valence-electron chi connectivity index (χ0n) is 20.2. The number of hydrogen-bond donors (Lipinski definition) is 1. The van der Waals surface area contributed by atoms with Gasteiger partial charge in [-0.05, 0) is 75.7 Å². The average Bonchev–Trinajstić information content (AvgIpc) is 3.55. The van der Waals surface area contributed by atoms with Crippen LogP contribution in [-0.4, -0.2) is 54.3 Å². The molecule has 4 aromatic rings. The van der Waals surface area contributed by atoms with Gasteiger partial charge in [-0.3, -0.25) is 5.10 Å². The van der Waals surface area contributed by atoms with Crippen LogP contribution in [0.1, 0.15) is 73.4 Å². The second kappa shape index (κ2) is 8.99. The van der Waals surface area contributed by atoms with E-state index < -0.39 is 0 Å². The molecule has 1 fully saturated rings. The van der Waals surface area contributed by atoms with Gasteiger partial charge in [0.1, 0.15) is 11.3 Å². The minimum Gasteiger partial charge on any atom is -0.303 e. The van der Waals surface area contributed by atoms with E-state index in [0.29, 0.717) is 11.8 Å². The van der Waals surface area contributed by atoms with Gasteiger partial charge < -0.3 is 4.90 Å². The first-order valence-electron chi connectivity index (χ1n) is 12.0. The molecule has 5 heterocycles. The van der Waals surface area contributed by atoms with Crippen LogP contribution in [0.3, 0.4) is 0 Å². The standard InChI is InChI=1S/C25H33N7S/c1-6-9-31-10-7-18(8-11-31)20-12-26-25(33-20)23-21(15(2)3)22(29-30-23)19-13-32-24(27-14-28-32)17(5)16(19)4/h12-15,18H,6-11H2,1-5H3,(H,29,30). The van der Waals surface area contributed by atoms with Crippen LogP contribution in [0.5, 0.6) is 0 Å². The Morgan fingerprint density at radius 1 is 1.15 bits per heavy atom. The summed E-state index contributed by atoms with van der Waals surface area (Å²) in [6, 6.07) is 0. The third kappa shape index (κ3) is 3.99. The Bertz CT molecular complexity index is 1260. The van der Waals surface area contributed by atoms with Gasteiger partial charge in [-0.1, -0.05) is 20.8 Å². The van der Waals surface area contributed by atoms with Crippen molar-refractivity contribution >= 4 is 17.0 Å². The molecule has 0 unspecified atom stereocenters. The van der Waals surface area contributed by atoms with Crippen molar-refractivity contribution in [1.29, 1.82) is 0 Å². The van der Waals surface area contributed by atoms with Crippen molar-refractivity contribution in [1.82, 2.24) is 34.7 Å². The van der Waals surface area contributed by atoms with E-state index >= 15 is 0 Å². The molecule has 4 aromatic heterocycles. The number of hydrogen-bond acceptors (Lipinski definition) is 6. The zero-order chi connectivity index (χ0) is 23.1. The smallest absolute Gasteiger partial charge is 0.158 e. The maximum absolute atomic E-state index is 4.85. The fourth-order valence-corrected chi connectivity index (χ4v) is 6.16. The van der Waals surface area contributed by atoms with Gasteiger partial charge in [0, 0.05) is 28.4 Å². The zero-order valence-corrected chi connectivity index (χ0v) is 21.0. The highest BCUT2D eigenvalue weighted by Crippen LogP contribution is 2.41. The average molecular weight is 464 g/mol. The van der Waals surface area contributed by atoms with E-state index in [-0.39, 0.29) is 0 Å². The minimum atomic E-state index is 0.310. The molecule has 7 nitrogen and oxygen atoms in total. The van der Waals surface area contributed by atoms with Crippen molar-refractivity contribution in [3.63, 3.8) is 0 Å². The molecule has 0 atom stereocenters. The number of thiazole rings is 1. The van der Waals surface area contributed by atoms with E-state index in [1.54, 1.807) is 6.33 Å². The lowest BCUT2D eigenvalue weighted by molar-refractivity contribution is 0.214. The van der Waals surface area contributed by atoms with Gasteiger partial charge in [0.05, 0.1) is 11.4 Å². The van der Waals surface area contributed by atoms with Gasteiger partial charge in [-0.2, -0.15) is 10.2 Å². The van der Waals surface area contributed by atoms with Crippen LogP contribution in [0.4, 0.5) is 0 Å². The maximum atomic E-state index is 4.85. The third-order valence-electron chi connectivity index (χ3n) is 7.03. The molecule has 8 heteroatoms. The highest BCUT2D eigenvalue weighted by atomic mass is 32.1. The van der Waals surface area contributed by atoms with Crippen LogP contribution >= 0.6 is 11.3 Å². The maximum Gasteiger partial charge on any atom is 0.158 e. The number of aromatic amines is 1. The van der Waals surface area contributed by atoms with Crippen molar-refractivity contribution in [2.24, 2.45) is 0 Å². The van der Waals surface area contributed by atoms with Crippen LogP contribution in [0.15, 0.2) is 18.7 Å². The van der Waals surface area contributed by atoms with Gasteiger partial charge in [-0.25, -0.2) is 14.5 Å². The molecule has 0 saturated carbocycles. The van der Waals surface area contributed by atoms with Crippen molar-refractivity contribution in [2.75, 3.05) is 19.6 Å². The van der Waals surface area contributed by atoms with Crippen LogP contribution in [0.2, 0.25) is 0 Å². The molecule has 0 radical (unpaired) electrons. The Morgan fingerprint density at radius 3 is 2.67 bits per heavy atom. The first-order chi connectivity index (χ1) is 16.0. The lowest BCUT2D eigenvalue weighted by Gasteiger charge is -2.30. The molecule has 0 aliphatic carbocycles. The molecule has 0 aromatic carbocycles. The lowest BCUT2D eigenvalue weighted by atomic mass is 9.94. The molecule has 174 valence electrons. The van der Waals surface area contributed by atoms with Gasteiger partial charge in [0.25, 0.3) is 0 Å². The highest BCUT2D eigenvalue weighted by Gasteiger charge is 2.26. The molecule has 0 amide bonds. The van der Waals surface area contributed by atoms with Crippen LogP contribution in [0.25, 0.3) is 27.6 Å². The Balaban J connectivity index is 1.49. The van der Waals surface area contributed by atoms with E-state index in [4.69, 9.17) is 10.1 Å². The van der Waals surface area contributed by atoms with Crippen molar-refractivity contribution in [3.8, 4) is 22.0 Å². The Kier molecular flexibility index (Phi) is 6.05. The number of aryl methyl sites for hydroxylation is 1. The SMILES string of the molecule is CCCN1CCC(c2cnc(-c3[nH]nc(-c4cn5ncnc5c(C)c4C)c3C(C)C)s2)CC1. The molecule has 1 aliphatic rings. The fourth-order valence-electron chi connectivity index (χ4n) is 5.07. The molecule has 1 aliphatic heterocycles. The van der Waals surface area contributed by atoms with E-state index in [9.17, 15) is 0 Å². The molecular weight excluding hydrogens is 430 g/mol. The first kappa shape index (κ1) is 22.2. The molecule has 1 saturated heterocycles. The second-order valence-corrected chi connectivity index (χ2v) is 10.6. The van der Waals surface area contributed by atoms with Crippen LogP contribution in [-0.2, 0) is 0 Å². The van der Waals surface area contributed by atoms with Gasteiger partial charge in [0.15, 0.2) is 5.65 Å². The van der Waals surface area contributed by atoms with Gasteiger partial charge in [-0.15, -0.1) is 11.3 Å². The Hall–Kier alpha value is -2.58. The van der Waals surface area contributed by atoms with E-state index in [2.05, 4.69) is 60.9 Å². The van der Waals surface area contributed by atoms with Crippen molar-refractivity contribution in [3.05, 3.63) is 40.3 Å². The largest absolute Gasteiger partial charge is 0.303 e. The lowest BCUT2D eigenvalue weighted by Crippen LogP contribution is -2.33. The van der Waals surface area contributed by atoms with Crippen LogP contribution < -0.4 is 0 Å². The molecule has 5 rings (SSSR count). The van der Waals surface area contributed by atoms with Gasteiger partial charge >= 0.3 is 0 Å². The number of fused-ring (bicyclic) bond motifs is 1. The topological polar surface area (TPSA) is 75.0 Å². The molecule has 1 N–H and O–H groups in total. The van der Waals surface area contributed by atoms with Crippen molar-refractivity contribution < 1.29 is 0 Å². The summed E-state index contributed by atoms with van der Waals surface area (Å²) >= 11 is 1.83. The van der Waals surface area contributed by atoms with E-state index in [1.807, 2.05) is 22.0 Å². The predicted octanol–water partition coefficient (Wildman–Crippen LogP) is 5.57. The van der Waals surface area contributed by atoms with E-state index in [0.717, 1.165) is 33.2 Å². The Morgan fingerprint density at radius 2 is 1.94 bits per heavy atom. The quantitative estimate of drug-likeness (QED) is 0.404. The third-order valence-corrected chi connectivity index (χ3v) is 8.21. The number of likely N-dealkylation sites (tertiary alicyclic amines) is 1. The number of piperidine rings is 1. The predicted molar refractivity (Wildman–Crippen MR) is 134 cm³/mol. The molecule has 0 bridgehead atoms. The molecular formula is C25H33N7S. The summed E-state index contributed by atoms with van der Waals surface area (Å²) in [6.07, 6.45) is 9.44.